The van der Waals surface area contributed by atoms with E-state index in [1.54, 1.807) is 0 Å². The Labute approximate surface area is 112 Å². The maximum Gasteiger partial charge on any atom is 0.433 e. The van der Waals surface area contributed by atoms with Gasteiger partial charge >= 0.3 is 24.5 Å². The number of nitrogens with one attached hydrogen (secondary N) is 1. The summed E-state index contributed by atoms with van der Waals surface area (Å²) in [6, 6.07) is 0.820. The monoisotopic (exact) mass is 320 g/mol. The van der Waals surface area contributed by atoms with Crippen LogP contribution < -0.4 is 5.32 Å². The van der Waals surface area contributed by atoms with Crippen molar-refractivity contribution in [2.24, 2.45) is 0 Å². The highest BCUT2D eigenvalue weighted by atomic mass is 19.4. The second kappa shape index (κ2) is 5.74. The highest BCUT2D eigenvalue weighted by Gasteiger charge is 2.41. The van der Waals surface area contributed by atoms with Crippen LogP contribution in [0.4, 0.5) is 36.6 Å². The van der Waals surface area contributed by atoms with Crippen molar-refractivity contribution in [1.82, 2.24) is 4.98 Å². The van der Waals surface area contributed by atoms with Crippen LogP contribution >= 0.6 is 0 Å². The summed E-state index contributed by atoms with van der Waals surface area (Å²) in [5, 5.41) is 10.2. The summed E-state index contributed by atoms with van der Waals surface area (Å²) in [6.07, 6.45) is -9.01. The second-order valence-corrected chi connectivity index (χ2v) is 3.81. The van der Waals surface area contributed by atoms with Crippen molar-refractivity contribution in [3.05, 3.63) is 23.4 Å². The molecule has 0 saturated heterocycles. The molecule has 0 saturated carbocycles. The van der Waals surface area contributed by atoms with Crippen LogP contribution in [0.2, 0.25) is 0 Å². The number of pyridine rings is 1. The smallest absolute Gasteiger partial charge is 0.433 e. The fourth-order valence-corrected chi connectivity index (χ4v) is 1.20. The van der Waals surface area contributed by atoms with Crippen molar-refractivity contribution < 1.29 is 40.6 Å². The minimum atomic E-state index is -4.95. The predicted molar refractivity (Wildman–Crippen MR) is 55.6 cm³/mol. The van der Waals surface area contributed by atoms with Gasteiger partial charge in [-0.3, -0.25) is 0 Å². The van der Waals surface area contributed by atoms with Crippen LogP contribution in [0.3, 0.4) is 0 Å². The van der Waals surface area contributed by atoms with Gasteiger partial charge in [0.1, 0.15) is 17.1 Å². The number of aromatic carboxylic acids is 1. The van der Waals surface area contributed by atoms with E-state index in [1.165, 1.54) is 5.32 Å². The molecule has 0 unspecified atom stereocenters. The molecule has 0 amide bonds. The molecule has 4 nitrogen and oxygen atoms in total. The van der Waals surface area contributed by atoms with E-state index in [9.17, 15) is 35.5 Å². The highest BCUT2D eigenvalue weighted by molar-refractivity contribution is 5.93. The standard InChI is InChI=1S/C10H7F7N2O2/c11-8(12)9(13,14)3-18-6-4(7(20)21)1-2-5(19-6)10(15,16)17/h1-2,8H,3H2,(H,18,19)(H,20,21). The topological polar surface area (TPSA) is 62.2 Å². The fraction of sp³-hybridized carbons (Fsp3) is 0.400. The third-order valence-electron chi connectivity index (χ3n) is 2.23. The van der Waals surface area contributed by atoms with Gasteiger partial charge in [-0.25, -0.2) is 18.6 Å². The lowest BCUT2D eigenvalue weighted by Gasteiger charge is -2.17. The third-order valence-corrected chi connectivity index (χ3v) is 2.23. The summed E-state index contributed by atoms with van der Waals surface area (Å²) in [5.41, 5.74) is -2.40. The van der Waals surface area contributed by atoms with Gasteiger partial charge < -0.3 is 10.4 Å². The predicted octanol–water partition coefficient (Wildman–Crippen LogP) is 3.11. The maximum atomic E-state index is 12.7. The van der Waals surface area contributed by atoms with Crippen molar-refractivity contribution in [1.29, 1.82) is 0 Å². The van der Waals surface area contributed by atoms with E-state index >= 15 is 0 Å². The van der Waals surface area contributed by atoms with Crippen LogP contribution in [0.25, 0.3) is 0 Å². The highest BCUT2D eigenvalue weighted by Crippen LogP contribution is 2.30. The molecule has 0 aliphatic carbocycles. The Morgan fingerprint density at radius 1 is 1.24 bits per heavy atom. The number of rotatable bonds is 5. The minimum absolute atomic E-state index is 0.333. The molecular weight excluding hydrogens is 313 g/mol. The number of carboxylic acids is 1. The summed E-state index contributed by atoms with van der Waals surface area (Å²) < 4.78 is 86.4. The molecule has 1 rings (SSSR count). The van der Waals surface area contributed by atoms with Crippen LogP contribution in [-0.4, -0.2) is 35.0 Å². The molecule has 1 aromatic heterocycles. The number of nitrogens with zero attached hydrogens (tertiary/aromatic N) is 1. The van der Waals surface area contributed by atoms with Crippen LogP contribution in [0.1, 0.15) is 16.1 Å². The van der Waals surface area contributed by atoms with E-state index in [1.807, 2.05) is 0 Å². The van der Waals surface area contributed by atoms with Gasteiger partial charge in [0.2, 0.25) is 0 Å². The number of alkyl halides is 7. The molecule has 0 radical (unpaired) electrons. The van der Waals surface area contributed by atoms with Crippen LogP contribution in [0.15, 0.2) is 12.1 Å². The first-order valence-electron chi connectivity index (χ1n) is 5.16. The van der Waals surface area contributed by atoms with Crippen molar-refractivity contribution in [3.8, 4) is 0 Å². The van der Waals surface area contributed by atoms with Crippen molar-refractivity contribution in [2.45, 2.75) is 18.5 Å². The van der Waals surface area contributed by atoms with Crippen LogP contribution in [-0.2, 0) is 6.18 Å². The molecule has 118 valence electrons. The van der Waals surface area contributed by atoms with E-state index in [2.05, 4.69) is 4.98 Å². The third kappa shape index (κ3) is 4.20. The van der Waals surface area contributed by atoms with Gasteiger partial charge in [-0.2, -0.15) is 22.0 Å². The number of halogens is 7. The van der Waals surface area contributed by atoms with Gasteiger partial charge in [-0.05, 0) is 12.1 Å². The van der Waals surface area contributed by atoms with Crippen molar-refractivity contribution in [2.75, 3.05) is 11.9 Å². The summed E-state index contributed by atoms with van der Waals surface area (Å²) in [6.45, 7) is -1.76. The normalized spacial score (nSPS) is 12.6. The van der Waals surface area contributed by atoms with E-state index < -0.39 is 48.1 Å². The Hall–Kier alpha value is -2.07. The number of anilines is 1. The van der Waals surface area contributed by atoms with Gasteiger partial charge in [-0.1, -0.05) is 0 Å². The quantitative estimate of drug-likeness (QED) is 0.819. The number of hydrogen-bond donors (Lipinski definition) is 2. The summed E-state index contributed by atoms with van der Waals surface area (Å²) in [5.74, 6) is -7.37. The fourth-order valence-electron chi connectivity index (χ4n) is 1.20. The van der Waals surface area contributed by atoms with E-state index in [0.717, 1.165) is 0 Å². The molecular formula is C10H7F7N2O2. The minimum Gasteiger partial charge on any atom is -0.478 e. The molecule has 21 heavy (non-hydrogen) atoms. The molecule has 0 aromatic carbocycles. The zero-order chi connectivity index (χ0) is 16.4. The maximum absolute atomic E-state index is 12.7. The Balaban J connectivity index is 3.11. The lowest BCUT2D eigenvalue weighted by atomic mass is 10.2. The lowest BCUT2D eigenvalue weighted by molar-refractivity contribution is -0.141. The molecule has 0 aliphatic rings. The average molecular weight is 320 g/mol. The van der Waals surface area contributed by atoms with E-state index in [4.69, 9.17) is 5.11 Å². The van der Waals surface area contributed by atoms with Crippen molar-refractivity contribution >= 4 is 11.8 Å². The number of carbonyl (C=O) groups is 1. The molecule has 0 bridgehead atoms. The number of aromatic nitrogens is 1. The summed E-state index contributed by atoms with van der Waals surface area (Å²) >= 11 is 0. The van der Waals surface area contributed by atoms with Gasteiger partial charge in [0.25, 0.3) is 0 Å². The van der Waals surface area contributed by atoms with Crippen LogP contribution in [0, 0.1) is 0 Å². The zero-order valence-electron chi connectivity index (χ0n) is 9.89. The molecule has 1 aromatic rings. The molecule has 0 fully saturated rings. The number of carboxylic acid groups (broad SMARTS) is 1. The summed E-state index contributed by atoms with van der Waals surface area (Å²) in [4.78, 5) is 13.6. The molecule has 1 heterocycles. The molecule has 11 heteroatoms. The average Bonchev–Trinajstić information content (AvgIpc) is 2.34. The Kier molecular flexibility index (Phi) is 4.64. The van der Waals surface area contributed by atoms with Gasteiger partial charge in [0.15, 0.2) is 0 Å². The van der Waals surface area contributed by atoms with E-state index in [0.29, 0.717) is 12.1 Å². The Morgan fingerprint density at radius 3 is 2.24 bits per heavy atom. The molecule has 0 atom stereocenters. The SMILES string of the molecule is O=C(O)c1ccc(C(F)(F)F)nc1NCC(F)(F)C(F)F. The first-order valence-corrected chi connectivity index (χ1v) is 5.16. The number of hydrogen-bond acceptors (Lipinski definition) is 3. The van der Waals surface area contributed by atoms with Crippen LogP contribution in [0.5, 0.6) is 0 Å². The molecule has 0 aliphatic heterocycles. The first-order chi connectivity index (χ1) is 9.45. The van der Waals surface area contributed by atoms with Gasteiger partial charge in [-0.15, -0.1) is 0 Å². The summed E-state index contributed by atoms with van der Waals surface area (Å²) in [7, 11) is 0. The molecule has 0 spiro atoms. The van der Waals surface area contributed by atoms with Gasteiger partial charge in [0.05, 0.1) is 6.54 Å². The van der Waals surface area contributed by atoms with Crippen molar-refractivity contribution in [3.63, 3.8) is 0 Å². The lowest BCUT2D eigenvalue weighted by Crippen LogP contribution is -2.35. The molecule has 2 N–H and O–H groups in total. The largest absolute Gasteiger partial charge is 0.478 e. The zero-order valence-corrected chi connectivity index (χ0v) is 9.89. The Bertz CT molecular complexity index is 531. The first kappa shape index (κ1) is 17.0. The van der Waals surface area contributed by atoms with E-state index in [-0.39, 0.29) is 0 Å². The second-order valence-electron chi connectivity index (χ2n) is 3.81. The Morgan fingerprint density at radius 2 is 1.81 bits per heavy atom. The van der Waals surface area contributed by atoms with Gasteiger partial charge in [0, 0.05) is 0 Å².